The maximum Gasteiger partial charge on any atom is 0.0529 e. The highest BCUT2D eigenvalue weighted by Crippen LogP contribution is 2.32. The third kappa shape index (κ3) is 3.10. The van der Waals surface area contributed by atoms with Gasteiger partial charge in [-0.25, -0.2) is 0 Å². The van der Waals surface area contributed by atoms with E-state index in [1.54, 1.807) is 11.8 Å². The van der Waals surface area contributed by atoms with Crippen molar-refractivity contribution >= 4 is 34.4 Å². The molecule has 134 valence electrons. The minimum atomic E-state index is 1.04. The summed E-state index contributed by atoms with van der Waals surface area (Å²) in [6.07, 6.45) is 5.56. The minimum absolute atomic E-state index is 1.04. The molecule has 0 fully saturated rings. The van der Waals surface area contributed by atoms with Crippen molar-refractivity contribution in [3.63, 3.8) is 0 Å². The second kappa shape index (κ2) is 6.98. The summed E-state index contributed by atoms with van der Waals surface area (Å²) in [7, 11) is 2.22. The SMILES string of the molecule is CSc1ccc(/C(C)=C\n2c3c(c4cc(C)ccc42)CN(C)CC3)cc1. The van der Waals surface area contributed by atoms with E-state index in [1.165, 1.54) is 43.8 Å². The number of fused-ring (bicyclic) bond motifs is 3. The molecule has 0 unspecified atom stereocenters. The summed E-state index contributed by atoms with van der Waals surface area (Å²) in [5.41, 5.74) is 8.23. The lowest BCUT2D eigenvalue weighted by atomic mass is 10.0. The highest BCUT2D eigenvalue weighted by atomic mass is 32.2. The van der Waals surface area contributed by atoms with Crippen LogP contribution in [0.15, 0.2) is 47.4 Å². The average Bonchev–Trinajstić information content (AvgIpc) is 2.94. The fraction of sp³-hybridized carbons (Fsp3) is 0.304. The first-order valence-electron chi connectivity index (χ1n) is 9.20. The van der Waals surface area contributed by atoms with Gasteiger partial charge in [-0.3, -0.25) is 0 Å². The fourth-order valence-electron chi connectivity index (χ4n) is 3.91. The number of likely N-dealkylation sites (N-methyl/N-ethyl adjacent to an activating group) is 1. The van der Waals surface area contributed by atoms with E-state index >= 15 is 0 Å². The van der Waals surface area contributed by atoms with E-state index in [4.69, 9.17) is 0 Å². The van der Waals surface area contributed by atoms with Gasteiger partial charge in [0.2, 0.25) is 0 Å². The number of rotatable bonds is 3. The van der Waals surface area contributed by atoms with E-state index < -0.39 is 0 Å². The minimum Gasteiger partial charge on any atom is -0.320 e. The van der Waals surface area contributed by atoms with Crippen LogP contribution in [-0.2, 0) is 13.0 Å². The highest BCUT2D eigenvalue weighted by molar-refractivity contribution is 7.98. The van der Waals surface area contributed by atoms with E-state index in [1.807, 2.05) is 0 Å². The van der Waals surface area contributed by atoms with Gasteiger partial charge in [-0.2, -0.15) is 0 Å². The summed E-state index contributed by atoms with van der Waals surface area (Å²) >= 11 is 1.79. The molecule has 3 heteroatoms. The van der Waals surface area contributed by atoms with E-state index in [9.17, 15) is 0 Å². The third-order valence-corrected chi connectivity index (χ3v) is 6.15. The van der Waals surface area contributed by atoms with Crippen molar-refractivity contribution in [2.45, 2.75) is 31.7 Å². The van der Waals surface area contributed by atoms with Crippen LogP contribution in [0.25, 0.3) is 22.7 Å². The number of benzene rings is 2. The molecule has 1 aliphatic heterocycles. The Morgan fingerprint density at radius 1 is 1.12 bits per heavy atom. The number of nitrogens with zero attached hydrogens (tertiary/aromatic N) is 2. The maximum absolute atomic E-state index is 2.44. The molecule has 0 spiro atoms. The number of hydrogen-bond acceptors (Lipinski definition) is 2. The van der Waals surface area contributed by atoms with Crippen LogP contribution < -0.4 is 0 Å². The smallest absolute Gasteiger partial charge is 0.0529 e. The molecular weight excluding hydrogens is 336 g/mol. The van der Waals surface area contributed by atoms with Crippen LogP contribution in [0.3, 0.4) is 0 Å². The van der Waals surface area contributed by atoms with Crippen molar-refractivity contribution in [1.82, 2.24) is 9.47 Å². The largest absolute Gasteiger partial charge is 0.320 e. The van der Waals surface area contributed by atoms with Gasteiger partial charge in [0.25, 0.3) is 0 Å². The van der Waals surface area contributed by atoms with Crippen molar-refractivity contribution in [2.75, 3.05) is 19.8 Å². The molecule has 2 heterocycles. The normalized spacial score (nSPS) is 15.5. The molecule has 2 aromatic carbocycles. The molecular formula is C23H26N2S. The molecule has 0 radical (unpaired) electrons. The van der Waals surface area contributed by atoms with Crippen LogP contribution in [0.5, 0.6) is 0 Å². The van der Waals surface area contributed by atoms with Crippen LogP contribution in [-0.4, -0.2) is 29.3 Å². The van der Waals surface area contributed by atoms with Crippen LogP contribution in [0.1, 0.15) is 29.3 Å². The van der Waals surface area contributed by atoms with Gasteiger partial charge in [-0.15, -0.1) is 11.8 Å². The fourth-order valence-corrected chi connectivity index (χ4v) is 4.32. The van der Waals surface area contributed by atoms with Crippen molar-refractivity contribution < 1.29 is 0 Å². The molecule has 1 aromatic heterocycles. The average molecular weight is 363 g/mol. The summed E-state index contributed by atoms with van der Waals surface area (Å²) in [5.74, 6) is 0. The van der Waals surface area contributed by atoms with Gasteiger partial charge in [-0.05, 0) is 68.1 Å². The lowest BCUT2D eigenvalue weighted by molar-refractivity contribution is 0.312. The summed E-state index contributed by atoms with van der Waals surface area (Å²) < 4.78 is 2.44. The molecule has 2 nitrogen and oxygen atoms in total. The van der Waals surface area contributed by atoms with E-state index in [-0.39, 0.29) is 0 Å². The molecule has 4 rings (SSSR count). The zero-order valence-corrected chi connectivity index (χ0v) is 16.9. The van der Waals surface area contributed by atoms with Gasteiger partial charge in [-0.1, -0.05) is 23.8 Å². The van der Waals surface area contributed by atoms with Crippen LogP contribution in [0.2, 0.25) is 0 Å². The molecule has 0 aliphatic carbocycles. The summed E-state index contributed by atoms with van der Waals surface area (Å²) in [5, 5.41) is 1.41. The molecule has 0 amide bonds. The molecule has 3 aromatic rings. The quantitative estimate of drug-likeness (QED) is 0.554. The summed E-state index contributed by atoms with van der Waals surface area (Å²) in [6, 6.07) is 15.7. The summed E-state index contributed by atoms with van der Waals surface area (Å²) in [6.45, 7) is 6.56. The number of aromatic nitrogens is 1. The monoisotopic (exact) mass is 362 g/mol. The predicted octanol–water partition coefficient (Wildman–Crippen LogP) is 5.68. The molecule has 0 saturated carbocycles. The van der Waals surface area contributed by atoms with Gasteiger partial charge in [0.15, 0.2) is 0 Å². The van der Waals surface area contributed by atoms with Crippen molar-refractivity contribution in [1.29, 1.82) is 0 Å². The topological polar surface area (TPSA) is 8.17 Å². The van der Waals surface area contributed by atoms with E-state index in [2.05, 4.69) is 85.3 Å². The number of thioether (sulfide) groups is 1. The predicted molar refractivity (Wildman–Crippen MR) is 115 cm³/mol. The Hall–Kier alpha value is -1.97. The second-order valence-electron chi connectivity index (χ2n) is 7.34. The Kier molecular flexibility index (Phi) is 4.68. The molecule has 0 atom stereocenters. The van der Waals surface area contributed by atoms with Crippen molar-refractivity contribution in [2.24, 2.45) is 0 Å². The Morgan fingerprint density at radius 2 is 1.88 bits per heavy atom. The van der Waals surface area contributed by atoms with Gasteiger partial charge < -0.3 is 9.47 Å². The van der Waals surface area contributed by atoms with Gasteiger partial charge in [0.05, 0.1) is 5.52 Å². The lowest BCUT2D eigenvalue weighted by Gasteiger charge is -2.23. The van der Waals surface area contributed by atoms with Gasteiger partial charge >= 0.3 is 0 Å². The maximum atomic E-state index is 2.44. The van der Waals surface area contributed by atoms with Crippen molar-refractivity contribution in [3.05, 3.63) is 64.8 Å². The first-order chi connectivity index (χ1) is 12.6. The molecule has 0 N–H and O–H groups in total. The third-order valence-electron chi connectivity index (χ3n) is 5.40. The number of hydrogen-bond donors (Lipinski definition) is 0. The first-order valence-corrected chi connectivity index (χ1v) is 10.4. The first kappa shape index (κ1) is 17.4. The van der Waals surface area contributed by atoms with Gasteiger partial charge in [0.1, 0.15) is 0 Å². The highest BCUT2D eigenvalue weighted by Gasteiger charge is 2.21. The van der Waals surface area contributed by atoms with E-state index in [0.717, 1.165) is 19.5 Å². The van der Waals surface area contributed by atoms with Gasteiger partial charge in [0, 0.05) is 41.7 Å². The number of allylic oxidation sites excluding steroid dienone is 1. The Balaban J connectivity index is 1.85. The Morgan fingerprint density at radius 3 is 2.62 bits per heavy atom. The van der Waals surface area contributed by atoms with Crippen LogP contribution >= 0.6 is 11.8 Å². The Bertz CT molecular complexity index is 980. The lowest BCUT2D eigenvalue weighted by Crippen LogP contribution is -2.26. The standard InChI is InChI=1S/C23H26N2S/c1-16-5-10-22-20(13-16)21-15-24(3)12-11-23(21)25(22)14-17(2)18-6-8-19(26-4)9-7-18/h5-10,13-14H,11-12,15H2,1-4H3/b17-14-. The zero-order chi connectivity index (χ0) is 18.3. The molecule has 0 saturated heterocycles. The van der Waals surface area contributed by atoms with Crippen molar-refractivity contribution in [3.8, 4) is 0 Å². The molecule has 26 heavy (non-hydrogen) atoms. The molecule has 0 bridgehead atoms. The summed E-state index contributed by atoms with van der Waals surface area (Å²) in [4.78, 5) is 3.73. The van der Waals surface area contributed by atoms with Crippen LogP contribution in [0, 0.1) is 6.92 Å². The van der Waals surface area contributed by atoms with E-state index in [0.29, 0.717) is 0 Å². The number of aryl methyl sites for hydroxylation is 1. The second-order valence-corrected chi connectivity index (χ2v) is 8.22. The van der Waals surface area contributed by atoms with Crippen LogP contribution in [0.4, 0.5) is 0 Å². The Labute approximate surface area is 160 Å². The zero-order valence-electron chi connectivity index (χ0n) is 16.0. The molecule has 1 aliphatic rings.